The minimum absolute atomic E-state index is 0.104. The van der Waals surface area contributed by atoms with Crippen molar-refractivity contribution in [3.8, 4) is 0 Å². The van der Waals surface area contributed by atoms with E-state index in [1.807, 2.05) is 0 Å². The van der Waals surface area contributed by atoms with Crippen LogP contribution in [0.15, 0.2) is 0 Å². The molecule has 0 rings (SSSR count). The molecule has 6 atom stereocenters. The van der Waals surface area contributed by atoms with Crippen LogP contribution >= 0.6 is 15.6 Å². The number of unbranched alkanes of at least 4 members (excludes halogenated alkanes) is 33. The Bertz CT molecular complexity index is 1780. The molecule has 0 radical (unpaired) electrons. The maximum absolute atomic E-state index is 13.0. The number of phosphoric acid groups is 2. The fraction of sp³-hybridized carbons (Fsp3) is 0.944. The van der Waals surface area contributed by atoms with Crippen LogP contribution in [0.25, 0.3) is 0 Å². The van der Waals surface area contributed by atoms with E-state index in [1.54, 1.807) is 0 Å². The normalized spacial score (nSPS) is 14.6. The van der Waals surface area contributed by atoms with Crippen molar-refractivity contribution in [1.29, 1.82) is 0 Å². The molecule has 0 aliphatic rings. The summed E-state index contributed by atoms with van der Waals surface area (Å²) in [6.07, 6.45) is 43.0. The molecule has 0 amide bonds. The van der Waals surface area contributed by atoms with Gasteiger partial charge in [0.25, 0.3) is 0 Å². The number of hydrogen-bond donors (Lipinski definition) is 3. The zero-order chi connectivity index (χ0) is 66.8. The average Bonchev–Trinajstić information content (AvgIpc) is 2.68. The van der Waals surface area contributed by atoms with Crippen molar-refractivity contribution in [3.05, 3.63) is 0 Å². The van der Waals surface area contributed by atoms with Crippen LogP contribution in [0.5, 0.6) is 0 Å². The number of phosphoric ester groups is 2. The van der Waals surface area contributed by atoms with Crippen molar-refractivity contribution in [2.24, 2.45) is 23.7 Å². The standard InChI is InChI=1S/C71H138O17P2/c1-9-64(8)50-42-34-26-18-13-14-20-28-37-45-53-70(75)87-66(57-81-68(73)51-43-35-27-19-12-10-11-16-23-31-39-47-61(2)3)59-85-89(77,78)83-55-65(72)56-84-90(79,80)86-60-67(58-82-69(74)52-44-36-30-22-25-33-41-49-63(6)7)88-71(76)54-46-38-29-21-15-17-24-32-40-48-62(4)5/h61-67,72H,9-60H2,1-8H3,(H,77,78)(H,79,80)/t64?,65?,66-,67-/m1/s1. The second-order valence-corrected chi connectivity index (χ2v) is 30.2. The molecule has 0 aromatic heterocycles. The maximum atomic E-state index is 13.0. The van der Waals surface area contributed by atoms with Gasteiger partial charge in [0, 0.05) is 25.7 Å². The SMILES string of the molecule is CCC(C)CCCCCCCCCCCCC(=O)O[C@H](COC(=O)CCCCCCCCCCCCCC(C)C)COP(=O)(O)OCC(O)COP(=O)(O)OC[C@@H](COC(=O)CCCCCCCCCC(C)C)OC(=O)CCCCCCCCCCCC(C)C. The van der Waals surface area contributed by atoms with E-state index in [9.17, 15) is 43.2 Å². The first kappa shape index (κ1) is 88.1. The summed E-state index contributed by atoms with van der Waals surface area (Å²) in [6.45, 7) is 14.1. The molecule has 0 saturated carbocycles. The van der Waals surface area contributed by atoms with E-state index in [4.69, 9.17) is 37.0 Å². The van der Waals surface area contributed by atoms with Crippen LogP contribution in [0, 0.1) is 23.7 Å². The Morgan fingerprint density at radius 1 is 0.311 bits per heavy atom. The third-order valence-corrected chi connectivity index (χ3v) is 18.6. The summed E-state index contributed by atoms with van der Waals surface area (Å²) < 4.78 is 68.3. The molecule has 0 heterocycles. The molecule has 0 aliphatic carbocycles. The lowest BCUT2D eigenvalue weighted by molar-refractivity contribution is -0.161. The number of hydrogen-bond acceptors (Lipinski definition) is 15. The minimum Gasteiger partial charge on any atom is -0.462 e. The molecular weight excluding hydrogens is 1190 g/mol. The van der Waals surface area contributed by atoms with Crippen molar-refractivity contribution < 1.29 is 80.2 Å². The predicted molar refractivity (Wildman–Crippen MR) is 363 cm³/mol. The molecule has 90 heavy (non-hydrogen) atoms. The fourth-order valence-corrected chi connectivity index (χ4v) is 12.2. The van der Waals surface area contributed by atoms with Crippen LogP contribution in [-0.4, -0.2) is 96.7 Å². The number of esters is 4. The summed E-state index contributed by atoms with van der Waals surface area (Å²) in [5.41, 5.74) is 0. The molecule has 0 aromatic carbocycles. The Kier molecular flexibility index (Phi) is 59.4. The average molecular weight is 1330 g/mol. The van der Waals surface area contributed by atoms with Crippen LogP contribution in [0.2, 0.25) is 0 Å². The van der Waals surface area contributed by atoms with Crippen molar-refractivity contribution >= 4 is 39.5 Å². The Morgan fingerprint density at radius 2 is 0.533 bits per heavy atom. The van der Waals surface area contributed by atoms with Crippen molar-refractivity contribution in [2.75, 3.05) is 39.6 Å². The number of carbonyl (C=O) groups excluding carboxylic acids is 4. The van der Waals surface area contributed by atoms with Gasteiger partial charge in [0.1, 0.15) is 19.3 Å². The molecular formula is C71H138O17P2. The van der Waals surface area contributed by atoms with E-state index >= 15 is 0 Å². The fourth-order valence-electron chi connectivity index (χ4n) is 10.6. The third-order valence-electron chi connectivity index (χ3n) is 16.7. The molecule has 3 N–H and O–H groups in total. The highest BCUT2D eigenvalue weighted by atomic mass is 31.2. The van der Waals surface area contributed by atoms with Gasteiger partial charge in [-0.15, -0.1) is 0 Å². The first-order chi connectivity index (χ1) is 43.1. The Labute approximate surface area is 549 Å². The highest BCUT2D eigenvalue weighted by Gasteiger charge is 2.30. The number of ether oxygens (including phenoxy) is 4. The number of aliphatic hydroxyl groups is 1. The lowest BCUT2D eigenvalue weighted by atomic mass is 9.99. The van der Waals surface area contributed by atoms with Crippen LogP contribution in [0.1, 0.15) is 351 Å². The van der Waals surface area contributed by atoms with Gasteiger partial charge in [-0.25, -0.2) is 9.13 Å². The monoisotopic (exact) mass is 1320 g/mol. The topological polar surface area (TPSA) is 237 Å². The molecule has 19 heteroatoms. The zero-order valence-corrected chi connectivity index (χ0v) is 60.6. The number of rotatable bonds is 68. The molecule has 4 unspecified atom stereocenters. The van der Waals surface area contributed by atoms with Gasteiger partial charge in [-0.05, 0) is 49.4 Å². The second kappa shape index (κ2) is 60.7. The van der Waals surface area contributed by atoms with E-state index in [2.05, 4.69) is 55.4 Å². The van der Waals surface area contributed by atoms with Crippen LogP contribution in [-0.2, 0) is 65.4 Å². The van der Waals surface area contributed by atoms with Gasteiger partial charge < -0.3 is 33.8 Å². The predicted octanol–water partition coefficient (Wildman–Crippen LogP) is 20.1. The van der Waals surface area contributed by atoms with E-state index in [1.165, 1.54) is 148 Å². The van der Waals surface area contributed by atoms with Crippen LogP contribution in [0.4, 0.5) is 0 Å². The summed E-state index contributed by atoms with van der Waals surface area (Å²) >= 11 is 0. The summed E-state index contributed by atoms with van der Waals surface area (Å²) in [4.78, 5) is 72.6. The van der Waals surface area contributed by atoms with Gasteiger partial charge in [-0.2, -0.15) is 0 Å². The van der Waals surface area contributed by atoms with Gasteiger partial charge in [0.05, 0.1) is 26.4 Å². The van der Waals surface area contributed by atoms with Gasteiger partial charge in [0.15, 0.2) is 12.2 Å². The number of carbonyl (C=O) groups is 4. The molecule has 0 spiro atoms. The van der Waals surface area contributed by atoms with Gasteiger partial charge in [-0.3, -0.25) is 37.3 Å². The van der Waals surface area contributed by atoms with Gasteiger partial charge in [0.2, 0.25) is 0 Å². The Morgan fingerprint density at radius 3 is 0.789 bits per heavy atom. The van der Waals surface area contributed by atoms with E-state index < -0.39 is 97.5 Å². The third kappa shape index (κ3) is 63.5. The highest BCUT2D eigenvalue weighted by molar-refractivity contribution is 7.47. The van der Waals surface area contributed by atoms with Gasteiger partial charge >= 0.3 is 39.5 Å². The molecule has 0 aromatic rings. The lowest BCUT2D eigenvalue weighted by Crippen LogP contribution is -2.30. The molecule has 0 saturated heterocycles. The quantitative estimate of drug-likeness (QED) is 0.0222. The molecule has 0 aliphatic heterocycles. The van der Waals surface area contributed by atoms with Crippen molar-refractivity contribution in [1.82, 2.24) is 0 Å². The van der Waals surface area contributed by atoms with E-state index in [0.29, 0.717) is 31.6 Å². The largest absolute Gasteiger partial charge is 0.472 e. The number of aliphatic hydroxyl groups excluding tert-OH is 1. The summed E-state index contributed by atoms with van der Waals surface area (Å²) in [6, 6.07) is 0. The summed E-state index contributed by atoms with van der Waals surface area (Å²) in [5, 5.41) is 10.6. The highest BCUT2D eigenvalue weighted by Crippen LogP contribution is 2.45. The Balaban J connectivity index is 5.27. The Hall–Kier alpha value is -1.94. The molecule has 17 nitrogen and oxygen atoms in total. The van der Waals surface area contributed by atoms with Crippen LogP contribution < -0.4 is 0 Å². The van der Waals surface area contributed by atoms with Crippen molar-refractivity contribution in [2.45, 2.75) is 369 Å². The summed E-state index contributed by atoms with van der Waals surface area (Å²) in [7, 11) is -9.90. The molecule has 534 valence electrons. The van der Waals surface area contributed by atoms with E-state index in [0.717, 1.165) is 114 Å². The first-order valence-electron chi connectivity index (χ1n) is 36.7. The first-order valence-corrected chi connectivity index (χ1v) is 39.7. The smallest absolute Gasteiger partial charge is 0.462 e. The molecule has 0 bridgehead atoms. The maximum Gasteiger partial charge on any atom is 0.472 e. The minimum atomic E-state index is -4.95. The van der Waals surface area contributed by atoms with Crippen LogP contribution in [0.3, 0.4) is 0 Å². The lowest BCUT2D eigenvalue weighted by Gasteiger charge is -2.21. The van der Waals surface area contributed by atoms with Gasteiger partial charge in [-0.1, -0.05) is 299 Å². The van der Waals surface area contributed by atoms with Crippen molar-refractivity contribution in [3.63, 3.8) is 0 Å². The molecule has 0 fully saturated rings. The van der Waals surface area contributed by atoms with E-state index in [-0.39, 0.29) is 25.7 Å². The second-order valence-electron chi connectivity index (χ2n) is 27.3. The zero-order valence-electron chi connectivity index (χ0n) is 58.8. The summed E-state index contributed by atoms with van der Waals surface area (Å²) in [5.74, 6) is 0.887.